The van der Waals surface area contributed by atoms with Gasteiger partial charge in [0.15, 0.2) is 11.9 Å². The minimum atomic E-state index is -1.77. The molecule has 1 N–H and O–H groups in total. The summed E-state index contributed by atoms with van der Waals surface area (Å²) >= 11 is 2.74. The molecule has 3 aliphatic heterocycles. The first-order valence-corrected chi connectivity index (χ1v) is 13.7. The lowest BCUT2D eigenvalue weighted by Crippen LogP contribution is -2.64. The van der Waals surface area contributed by atoms with Crippen LogP contribution in [0, 0.1) is 5.92 Å². The van der Waals surface area contributed by atoms with Crippen molar-refractivity contribution in [2.24, 2.45) is 5.92 Å². The molecule has 35 heavy (non-hydrogen) atoms. The zero-order valence-corrected chi connectivity index (χ0v) is 20.8. The normalized spacial score (nSPS) is 23.9. The van der Waals surface area contributed by atoms with Gasteiger partial charge in [-0.2, -0.15) is 0 Å². The Balaban J connectivity index is 1.21. The summed E-state index contributed by atoms with van der Waals surface area (Å²) in [7, 11) is 0. The number of quaternary nitrogens is 1. The van der Waals surface area contributed by atoms with Crippen LogP contribution in [0.15, 0.2) is 75.9 Å². The molecule has 6 heterocycles. The second-order valence-electron chi connectivity index (χ2n) is 9.62. The van der Waals surface area contributed by atoms with E-state index in [-0.39, 0.29) is 6.10 Å². The zero-order valence-electron chi connectivity index (χ0n) is 19.2. The van der Waals surface area contributed by atoms with Gasteiger partial charge in [0.25, 0.3) is 0 Å². The standard InChI is InChI=1S/C27H27N2O4S2/c30-26(27(31,24-8-4-14-34-24)25-9-5-15-35-25)32-23-18-29(12-10-20(23)11-13-29)17-21-16-22(33-28-21)19-6-2-1-3-7-19/h1-9,14-16,20,23,31H,10-13,17-18H2/q+1/t20?,23-,29?/m0/s1. The number of fused-ring (bicyclic) bond motifs is 3. The van der Waals surface area contributed by atoms with Crippen LogP contribution in [0.25, 0.3) is 11.3 Å². The number of esters is 1. The number of hydrogen-bond acceptors (Lipinski definition) is 7. The molecule has 0 radical (unpaired) electrons. The number of nitrogens with zero attached hydrogens (tertiary/aromatic N) is 2. The van der Waals surface area contributed by atoms with Crippen LogP contribution in [0.5, 0.6) is 0 Å². The first kappa shape index (κ1) is 22.7. The molecule has 7 rings (SSSR count). The zero-order chi connectivity index (χ0) is 23.9. The second-order valence-corrected chi connectivity index (χ2v) is 11.5. The molecule has 3 aliphatic rings. The summed E-state index contributed by atoms with van der Waals surface area (Å²) in [5, 5.41) is 19.7. The van der Waals surface area contributed by atoms with Crippen LogP contribution in [0.4, 0.5) is 0 Å². The Morgan fingerprint density at radius 1 is 1.06 bits per heavy atom. The third-order valence-electron chi connectivity index (χ3n) is 7.47. The van der Waals surface area contributed by atoms with E-state index >= 15 is 0 Å². The van der Waals surface area contributed by atoms with E-state index in [2.05, 4.69) is 5.16 Å². The van der Waals surface area contributed by atoms with Gasteiger partial charge >= 0.3 is 5.97 Å². The Morgan fingerprint density at radius 2 is 1.74 bits per heavy atom. The molecule has 2 bridgehead atoms. The average Bonchev–Trinajstić information content (AvgIpc) is 3.68. The molecule has 0 spiro atoms. The molecule has 3 saturated heterocycles. The summed E-state index contributed by atoms with van der Waals surface area (Å²) in [5.41, 5.74) is 0.162. The Bertz CT molecular complexity index is 1240. The van der Waals surface area contributed by atoms with Gasteiger partial charge in [-0.3, -0.25) is 0 Å². The lowest BCUT2D eigenvalue weighted by molar-refractivity contribution is -0.958. The highest BCUT2D eigenvalue weighted by molar-refractivity contribution is 7.12. The third kappa shape index (κ3) is 4.14. The van der Waals surface area contributed by atoms with E-state index in [1.54, 1.807) is 12.1 Å². The van der Waals surface area contributed by atoms with Gasteiger partial charge in [-0.05, 0) is 22.9 Å². The fraction of sp³-hybridized carbons (Fsp3) is 0.333. The fourth-order valence-electron chi connectivity index (χ4n) is 5.56. The molecular weight excluding hydrogens is 480 g/mol. The van der Waals surface area contributed by atoms with Gasteiger partial charge in [-0.25, -0.2) is 4.79 Å². The quantitative estimate of drug-likeness (QED) is 0.280. The minimum Gasteiger partial charge on any atom is -0.453 e. The summed E-state index contributed by atoms with van der Waals surface area (Å²) < 4.78 is 12.6. The van der Waals surface area contributed by atoms with Crippen molar-refractivity contribution < 1.29 is 23.6 Å². The van der Waals surface area contributed by atoms with Crippen LogP contribution >= 0.6 is 22.7 Å². The Labute approximate surface area is 212 Å². The number of thiophene rings is 2. The molecule has 4 aromatic rings. The van der Waals surface area contributed by atoms with Gasteiger partial charge < -0.3 is 18.8 Å². The number of benzene rings is 1. The van der Waals surface area contributed by atoms with Gasteiger partial charge in [0, 0.05) is 30.4 Å². The summed E-state index contributed by atoms with van der Waals surface area (Å²) in [6.07, 6.45) is 1.77. The van der Waals surface area contributed by atoms with Crippen molar-refractivity contribution in [2.75, 3.05) is 19.6 Å². The van der Waals surface area contributed by atoms with E-state index in [0.29, 0.717) is 15.7 Å². The maximum absolute atomic E-state index is 13.5. The van der Waals surface area contributed by atoms with E-state index in [9.17, 15) is 9.90 Å². The number of carbonyl (C=O) groups is 1. The van der Waals surface area contributed by atoms with Crippen LogP contribution in [0.2, 0.25) is 0 Å². The molecule has 0 amide bonds. The van der Waals surface area contributed by atoms with Crippen molar-refractivity contribution >= 4 is 28.6 Å². The van der Waals surface area contributed by atoms with E-state index < -0.39 is 11.6 Å². The Morgan fingerprint density at radius 3 is 2.37 bits per heavy atom. The number of carbonyl (C=O) groups excluding carboxylic acids is 1. The van der Waals surface area contributed by atoms with Crippen molar-refractivity contribution in [1.29, 1.82) is 0 Å². The molecule has 0 unspecified atom stereocenters. The van der Waals surface area contributed by atoms with Crippen LogP contribution in [0.1, 0.15) is 28.3 Å². The van der Waals surface area contributed by atoms with Crippen LogP contribution in [-0.4, -0.2) is 46.5 Å². The minimum absolute atomic E-state index is 0.225. The topological polar surface area (TPSA) is 72.6 Å². The Kier molecular flexibility index (Phi) is 5.84. The summed E-state index contributed by atoms with van der Waals surface area (Å²) in [6.45, 7) is 3.55. The highest BCUT2D eigenvalue weighted by atomic mass is 32.1. The molecule has 180 valence electrons. The maximum atomic E-state index is 13.5. The summed E-state index contributed by atoms with van der Waals surface area (Å²) in [6, 6.07) is 19.3. The van der Waals surface area contributed by atoms with E-state index in [1.165, 1.54) is 22.7 Å². The molecule has 0 aliphatic carbocycles. The lowest BCUT2D eigenvalue weighted by Gasteiger charge is -2.51. The highest BCUT2D eigenvalue weighted by Gasteiger charge is 2.51. The van der Waals surface area contributed by atoms with E-state index in [4.69, 9.17) is 9.26 Å². The molecule has 8 heteroatoms. The molecule has 0 saturated carbocycles. The van der Waals surface area contributed by atoms with Crippen molar-refractivity contribution in [1.82, 2.24) is 5.16 Å². The summed E-state index contributed by atoms with van der Waals surface area (Å²) in [5.74, 6) is 0.518. The monoisotopic (exact) mass is 507 g/mol. The Hall–Kier alpha value is -2.78. The van der Waals surface area contributed by atoms with Crippen molar-refractivity contribution in [2.45, 2.75) is 31.1 Å². The molecule has 1 atom stereocenters. The highest BCUT2D eigenvalue weighted by Crippen LogP contribution is 2.41. The van der Waals surface area contributed by atoms with Gasteiger partial charge in [0.2, 0.25) is 5.60 Å². The lowest BCUT2D eigenvalue weighted by atomic mass is 9.83. The van der Waals surface area contributed by atoms with Crippen molar-refractivity contribution in [3.05, 3.63) is 86.9 Å². The second kappa shape index (κ2) is 9.02. The molecule has 3 fully saturated rings. The van der Waals surface area contributed by atoms with Gasteiger partial charge in [-0.1, -0.05) is 47.6 Å². The predicted octanol–water partition coefficient (Wildman–Crippen LogP) is 5.05. The summed E-state index contributed by atoms with van der Waals surface area (Å²) in [4.78, 5) is 14.7. The number of aliphatic hydroxyl groups is 1. The average molecular weight is 508 g/mol. The maximum Gasteiger partial charge on any atom is 0.349 e. The number of aromatic nitrogens is 1. The van der Waals surface area contributed by atoms with Crippen molar-refractivity contribution in [3.8, 4) is 11.3 Å². The number of ether oxygens (including phenoxy) is 1. The molecule has 3 aromatic heterocycles. The largest absolute Gasteiger partial charge is 0.453 e. The van der Waals surface area contributed by atoms with Gasteiger partial charge in [-0.15, -0.1) is 22.7 Å². The SMILES string of the molecule is O=C(O[C@H]1C[N+]2(Cc3cc(-c4ccccc4)on3)CCC1CC2)C(O)(c1cccs1)c1cccs1. The fourth-order valence-corrected chi connectivity index (χ4v) is 7.27. The molecule has 6 nitrogen and oxygen atoms in total. The van der Waals surface area contributed by atoms with Crippen LogP contribution in [-0.2, 0) is 21.7 Å². The van der Waals surface area contributed by atoms with Crippen LogP contribution in [0.3, 0.4) is 0 Å². The van der Waals surface area contributed by atoms with Gasteiger partial charge in [0.1, 0.15) is 18.8 Å². The number of rotatable bonds is 7. The predicted molar refractivity (Wildman–Crippen MR) is 135 cm³/mol. The van der Waals surface area contributed by atoms with Gasteiger partial charge in [0.05, 0.1) is 22.8 Å². The number of piperidine rings is 3. The van der Waals surface area contributed by atoms with E-state index in [1.807, 2.05) is 59.3 Å². The first-order chi connectivity index (χ1) is 17.1. The first-order valence-electron chi connectivity index (χ1n) is 11.9. The van der Waals surface area contributed by atoms with Crippen LogP contribution < -0.4 is 0 Å². The van der Waals surface area contributed by atoms with E-state index in [0.717, 1.165) is 60.5 Å². The smallest absolute Gasteiger partial charge is 0.349 e. The van der Waals surface area contributed by atoms with Crippen molar-refractivity contribution in [3.63, 3.8) is 0 Å². The molecule has 1 aromatic carbocycles. The number of hydrogen-bond donors (Lipinski definition) is 1. The third-order valence-corrected chi connectivity index (χ3v) is 9.42. The molecular formula is C27H27N2O4S2+.